The van der Waals surface area contributed by atoms with Crippen LogP contribution in [0.2, 0.25) is 0 Å². The Morgan fingerprint density at radius 2 is 1.86 bits per heavy atom. The predicted octanol–water partition coefficient (Wildman–Crippen LogP) is -0.196. The van der Waals surface area contributed by atoms with Gasteiger partial charge in [-0.3, -0.25) is 0 Å². The standard InChI is InChI=1S/C8H21N3O2S/c1-7(2)5-10-14(12,13)11-8(3,4)6-9/h7,10-11H,5-6,9H2,1-4H3. The van der Waals surface area contributed by atoms with Gasteiger partial charge in [-0.05, 0) is 19.8 Å². The monoisotopic (exact) mass is 223 g/mol. The first-order chi connectivity index (χ1) is 6.18. The van der Waals surface area contributed by atoms with Gasteiger partial charge in [0.15, 0.2) is 0 Å². The molecule has 0 rings (SSSR count). The van der Waals surface area contributed by atoms with E-state index in [4.69, 9.17) is 5.73 Å². The summed E-state index contributed by atoms with van der Waals surface area (Å²) in [4.78, 5) is 0. The van der Waals surface area contributed by atoms with E-state index in [9.17, 15) is 8.42 Å². The zero-order valence-corrected chi connectivity index (χ0v) is 10.1. The first-order valence-electron chi connectivity index (χ1n) is 4.67. The maximum absolute atomic E-state index is 11.4. The molecule has 0 saturated heterocycles. The molecule has 0 aliphatic rings. The summed E-state index contributed by atoms with van der Waals surface area (Å²) in [6, 6.07) is 0. The molecular weight excluding hydrogens is 202 g/mol. The van der Waals surface area contributed by atoms with Crippen LogP contribution in [-0.2, 0) is 10.2 Å². The third kappa shape index (κ3) is 6.31. The normalized spacial score (nSPS) is 13.6. The fourth-order valence-corrected chi connectivity index (χ4v) is 2.15. The van der Waals surface area contributed by atoms with Crippen molar-refractivity contribution < 1.29 is 8.42 Å². The molecule has 0 radical (unpaired) electrons. The Kier molecular flexibility index (Phi) is 5.00. The summed E-state index contributed by atoms with van der Waals surface area (Å²) in [5, 5.41) is 0. The van der Waals surface area contributed by atoms with Crippen molar-refractivity contribution in [3.05, 3.63) is 0 Å². The van der Waals surface area contributed by atoms with Gasteiger partial charge in [0, 0.05) is 18.6 Å². The third-order valence-electron chi connectivity index (χ3n) is 1.60. The van der Waals surface area contributed by atoms with Gasteiger partial charge in [0.05, 0.1) is 0 Å². The lowest BCUT2D eigenvalue weighted by Gasteiger charge is -2.24. The summed E-state index contributed by atoms with van der Waals surface area (Å²) in [5.74, 6) is 0.285. The SMILES string of the molecule is CC(C)CNS(=O)(=O)NC(C)(C)CN. The molecule has 0 amide bonds. The Labute approximate surface area is 86.6 Å². The van der Waals surface area contributed by atoms with E-state index in [0.29, 0.717) is 6.54 Å². The summed E-state index contributed by atoms with van der Waals surface area (Å²) >= 11 is 0. The molecule has 0 aromatic heterocycles. The van der Waals surface area contributed by atoms with Crippen LogP contribution in [0.5, 0.6) is 0 Å². The second kappa shape index (κ2) is 5.06. The van der Waals surface area contributed by atoms with Crippen molar-refractivity contribution in [3.8, 4) is 0 Å². The third-order valence-corrected chi connectivity index (χ3v) is 2.97. The van der Waals surface area contributed by atoms with Crippen LogP contribution in [0.4, 0.5) is 0 Å². The van der Waals surface area contributed by atoms with Gasteiger partial charge in [-0.25, -0.2) is 4.72 Å². The Hall–Kier alpha value is -0.170. The highest BCUT2D eigenvalue weighted by atomic mass is 32.2. The van der Waals surface area contributed by atoms with Gasteiger partial charge in [0.1, 0.15) is 0 Å². The molecule has 0 spiro atoms. The van der Waals surface area contributed by atoms with Gasteiger partial charge < -0.3 is 5.73 Å². The average Bonchev–Trinajstić information content (AvgIpc) is 1.99. The van der Waals surface area contributed by atoms with Gasteiger partial charge in [0.2, 0.25) is 0 Å². The molecule has 0 atom stereocenters. The lowest BCUT2D eigenvalue weighted by Crippen LogP contribution is -2.53. The number of hydrogen-bond acceptors (Lipinski definition) is 3. The Morgan fingerprint density at radius 3 is 2.21 bits per heavy atom. The fourth-order valence-electron chi connectivity index (χ4n) is 0.718. The largest absolute Gasteiger partial charge is 0.329 e. The van der Waals surface area contributed by atoms with E-state index >= 15 is 0 Å². The van der Waals surface area contributed by atoms with Gasteiger partial charge in [-0.1, -0.05) is 13.8 Å². The predicted molar refractivity (Wildman–Crippen MR) is 58.0 cm³/mol. The summed E-state index contributed by atoms with van der Waals surface area (Å²) in [7, 11) is -3.43. The van der Waals surface area contributed by atoms with Crippen molar-refractivity contribution in [2.75, 3.05) is 13.1 Å². The number of nitrogens with one attached hydrogen (secondary N) is 2. The highest BCUT2D eigenvalue weighted by molar-refractivity contribution is 7.87. The van der Waals surface area contributed by atoms with Crippen molar-refractivity contribution in [2.24, 2.45) is 11.7 Å². The average molecular weight is 223 g/mol. The summed E-state index contributed by atoms with van der Waals surface area (Å²) in [6.45, 7) is 8.04. The minimum Gasteiger partial charge on any atom is -0.329 e. The van der Waals surface area contributed by atoms with E-state index in [1.165, 1.54) is 0 Å². The minimum atomic E-state index is -3.43. The second-order valence-corrected chi connectivity index (χ2v) is 5.94. The topological polar surface area (TPSA) is 84.2 Å². The Balaban J connectivity index is 4.22. The Morgan fingerprint density at radius 1 is 1.36 bits per heavy atom. The van der Waals surface area contributed by atoms with Crippen molar-refractivity contribution in [3.63, 3.8) is 0 Å². The zero-order valence-electron chi connectivity index (χ0n) is 9.29. The number of hydrogen-bond donors (Lipinski definition) is 3. The van der Waals surface area contributed by atoms with E-state index in [1.807, 2.05) is 13.8 Å². The van der Waals surface area contributed by atoms with Crippen LogP contribution >= 0.6 is 0 Å². The molecular formula is C8H21N3O2S. The van der Waals surface area contributed by atoms with E-state index in [1.54, 1.807) is 13.8 Å². The molecule has 4 N–H and O–H groups in total. The van der Waals surface area contributed by atoms with Crippen LogP contribution in [0.1, 0.15) is 27.7 Å². The van der Waals surface area contributed by atoms with Gasteiger partial charge >= 0.3 is 0 Å². The van der Waals surface area contributed by atoms with Crippen LogP contribution in [-0.4, -0.2) is 27.0 Å². The molecule has 0 aliphatic carbocycles. The van der Waals surface area contributed by atoms with Gasteiger partial charge in [-0.2, -0.15) is 13.1 Å². The molecule has 0 saturated carbocycles. The summed E-state index contributed by atoms with van der Waals surface area (Å²) in [5.41, 5.74) is 4.81. The number of nitrogens with two attached hydrogens (primary N) is 1. The highest BCUT2D eigenvalue weighted by Gasteiger charge is 2.22. The van der Waals surface area contributed by atoms with E-state index < -0.39 is 15.7 Å². The second-order valence-electron chi connectivity index (χ2n) is 4.44. The molecule has 14 heavy (non-hydrogen) atoms. The maximum atomic E-state index is 11.4. The molecule has 0 aliphatic heterocycles. The van der Waals surface area contributed by atoms with Crippen LogP contribution in [0.3, 0.4) is 0 Å². The van der Waals surface area contributed by atoms with E-state index in [0.717, 1.165) is 0 Å². The van der Waals surface area contributed by atoms with Gasteiger partial charge in [-0.15, -0.1) is 0 Å². The first kappa shape index (κ1) is 13.8. The fraction of sp³-hybridized carbons (Fsp3) is 1.00. The van der Waals surface area contributed by atoms with Gasteiger partial charge in [0.25, 0.3) is 10.2 Å². The number of rotatable bonds is 6. The van der Waals surface area contributed by atoms with E-state index in [2.05, 4.69) is 9.44 Å². The molecule has 0 fully saturated rings. The summed E-state index contributed by atoms with van der Waals surface area (Å²) < 4.78 is 27.8. The molecule has 86 valence electrons. The Bertz CT molecular complexity index is 260. The minimum absolute atomic E-state index is 0.260. The quantitative estimate of drug-likeness (QED) is 0.583. The smallest absolute Gasteiger partial charge is 0.277 e. The van der Waals surface area contributed by atoms with Crippen LogP contribution in [0.25, 0.3) is 0 Å². The summed E-state index contributed by atoms with van der Waals surface area (Å²) in [6.07, 6.45) is 0. The van der Waals surface area contributed by atoms with Crippen molar-refractivity contribution in [2.45, 2.75) is 33.2 Å². The van der Waals surface area contributed by atoms with Crippen LogP contribution < -0.4 is 15.2 Å². The molecule has 0 unspecified atom stereocenters. The van der Waals surface area contributed by atoms with Crippen molar-refractivity contribution in [1.29, 1.82) is 0 Å². The zero-order chi connectivity index (χ0) is 11.4. The maximum Gasteiger partial charge on any atom is 0.277 e. The van der Waals surface area contributed by atoms with Crippen molar-refractivity contribution in [1.82, 2.24) is 9.44 Å². The highest BCUT2D eigenvalue weighted by Crippen LogP contribution is 2.00. The molecule has 0 heterocycles. The lowest BCUT2D eigenvalue weighted by atomic mass is 10.1. The van der Waals surface area contributed by atoms with E-state index in [-0.39, 0.29) is 12.5 Å². The molecule has 5 nitrogen and oxygen atoms in total. The van der Waals surface area contributed by atoms with Crippen molar-refractivity contribution >= 4 is 10.2 Å². The lowest BCUT2D eigenvalue weighted by molar-refractivity contribution is 0.453. The molecule has 0 aromatic rings. The molecule has 6 heteroatoms. The first-order valence-corrected chi connectivity index (χ1v) is 6.15. The van der Waals surface area contributed by atoms with Crippen LogP contribution in [0.15, 0.2) is 0 Å². The molecule has 0 aromatic carbocycles. The van der Waals surface area contributed by atoms with Crippen LogP contribution in [0, 0.1) is 5.92 Å². The molecule has 0 bridgehead atoms.